The van der Waals surface area contributed by atoms with E-state index in [9.17, 15) is 14.4 Å². The third-order valence-corrected chi connectivity index (χ3v) is 4.81. The summed E-state index contributed by atoms with van der Waals surface area (Å²) in [4.78, 5) is 37.0. The molecule has 0 radical (unpaired) electrons. The zero-order valence-electron chi connectivity index (χ0n) is 16.3. The van der Waals surface area contributed by atoms with Gasteiger partial charge in [0, 0.05) is 6.42 Å². The van der Waals surface area contributed by atoms with E-state index in [4.69, 9.17) is 4.74 Å². The van der Waals surface area contributed by atoms with Gasteiger partial charge in [-0.15, -0.1) is 0 Å². The van der Waals surface area contributed by atoms with Crippen molar-refractivity contribution in [1.82, 2.24) is 5.32 Å². The highest BCUT2D eigenvalue weighted by molar-refractivity contribution is 5.94. The third-order valence-electron chi connectivity index (χ3n) is 4.81. The summed E-state index contributed by atoms with van der Waals surface area (Å²) in [5.74, 6) is -1.43. The average molecular weight is 383 g/mol. The molecule has 0 saturated carbocycles. The monoisotopic (exact) mass is 383 g/mol. The van der Waals surface area contributed by atoms with E-state index in [1.54, 1.807) is 0 Å². The van der Waals surface area contributed by atoms with Gasteiger partial charge in [-0.2, -0.15) is 0 Å². The Morgan fingerprint density at radius 1 is 0.893 bits per heavy atom. The fourth-order valence-corrected chi connectivity index (χ4v) is 3.03. The highest BCUT2D eigenvalue weighted by atomic mass is 16.5. The van der Waals surface area contributed by atoms with E-state index < -0.39 is 23.4 Å². The Morgan fingerprint density at radius 2 is 1.39 bits per heavy atom. The van der Waals surface area contributed by atoms with Gasteiger partial charge in [0.15, 0.2) is 0 Å². The van der Waals surface area contributed by atoms with Crippen molar-refractivity contribution in [1.29, 1.82) is 0 Å². The molecule has 6 heteroatoms. The quantitative estimate of drug-likeness (QED) is 0.709. The summed E-state index contributed by atoms with van der Waals surface area (Å²) in [6, 6.07) is 17.7. The maximum absolute atomic E-state index is 13.4. The Morgan fingerprint density at radius 3 is 1.82 bits per heavy atom. The second-order valence-electron chi connectivity index (χ2n) is 6.52. The van der Waals surface area contributed by atoms with Crippen LogP contribution in [0.3, 0.4) is 0 Å². The molecule has 0 unspecified atom stereocenters. The summed E-state index contributed by atoms with van der Waals surface area (Å²) in [5, 5.41) is 2.76. The lowest BCUT2D eigenvalue weighted by Crippen LogP contribution is -2.50. The Balaban J connectivity index is 2.36. The standard InChI is InChI=1S/C22H25NO5/c1-22(16-10-6-4-7-11-16,17-12-8-5-9-13-17)21(26)23-18(20(25)28-3)14-15-19(24)27-2/h4-13,18H,14-15H2,1-3H3,(H,23,26)/t18-/m0/s1. The number of carbonyl (C=O) groups excluding carboxylic acids is 3. The first-order valence-corrected chi connectivity index (χ1v) is 9.00. The number of hydrogen-bond acceptors (Lipinski definition) is 5. The molecule has 6 nitrogen and oxygen atoms in total. The van der Waals surface area contributed by atoms with Gasteiger partial charge in [-0.1, -0.05) is 60.7 Å². The third kappa shape index (κ3) is 4.76. The zero-order chi connectivity index (χ0) is 20.6. The van der Waals surface area contributed by atoms with E-state index in [1.807, 2.05) is 67.6 Å². The summed E-state index contributed by atoms with van der Waals surface area (Å²) in [6.07, 6.45) is 0.0781. The Bertz CT molecular complexity index is 765. The van der Waals surface area contributed by atoms with Crippen molar-refractivity contribution in [3.05, 3.63) is 71.8 Å². The van der Waals surface area contributed by atoms with Crippen LogP contribution >= 0.6 is 0 Å². The average Bonchev–Trinajstić information content (AvgIpc) is 2.76. The van der Waals surface area contributed by atoms with Gasteiger partial charge in [0.25, 0.3) is 0 Å². The highest BCUT2D eigenvalue weighted by Gasteiger charge is 2.39. The Labute approximate surface area is 164 Å². The second kappa shape index (κ2) is 9.69. The van der Waals surface area contributed by atoms with Crippen molar-refractivity contribution in [2.45, 2.75) is 31.2 Å². The molecule has 1 N–H and O–H groups in total. The van der Waals surface area contributed by atoms with Gasteiger partial charge in [-0.25, -0.2) is 4.79 Å². The van der Waals surface area contributed by atoms with E-state index in [-0.39, 0.29) is 18.7 Å². The number of nitrogens with one attached hydrogen (secondary N) is 1. The van der Waals surface area contributed by atoms with Crippen molar-refractivity contribution in [3.8, 4) is 0 Å². The maximum atomic E-state index is 13.4. The number of methoxy groups -OCH3 is 2. The number of carbonyl (C=O) groups is 3. The number of rotatable bonds is 8. The van der Waals surface area contributed by atoms with Crippen LogP contribution in [0.4, 0.5) is 0 Å². The molecule has 148 valence electrons. The fourth-order valence-electron chi connectivity index (χ4n) is 3.03. The zero-order valence-corrected chi connectivity index (χ0v) is 16.3. The topological polar surface area (TPSA) is 81.7 Å². The molecule has 0 spiro atoms. The molecule has 2 aromatic rings. The molecule has 0 saturated heterocycles. The smallest absolute Gasteiger partial charge is 0.328 e. The summed E-state index contributed by atoms with van der Waals surface area (Å²) >= 11 is 0. The number of ether oxygens (including phenoxy) is 2. The molecule has 0 fully saturated rings. The van der Waals surface area contributed by atoms with Crippen molar-refractivity contribution < 1.29 is 23.9 Å². The molecule has 0 aromatic heterocycles. The minimum atomic E-state index is -1.03. The largest absolute Gasteiger partial charge is 0.469 e. The second-order valence-corrected chi connectivity index (χ2v) is 6.52. The highest BCUT2D eigenvalue weighted by Crippen LogP contribution is 2.32. The summed E-state index contributed by atoms with van der Waals surface area (Å²) in [7, 11) is 2.52. The lowest BCUT2D eigenvalue weighted by Gasteiger charge is -2.31. The molecular weight excluding hydrogens is 358 g/mol. The summed E-state index contributed by atoms with van der Waals surface area (Å²) in [5.41, 5.74) is 0.547. The molecule has 0 heterocycles. The number of benzene rings is 2. The van der Waals surface area contributed by atoms with Crippen LogP contribution in [0.1, 0.15) is 30.9 Å². The van der Waals surface area contributed by atoms with Gasteiger partial charge in [0.1, 0.15) is 6.04 Å². The van der Waals surface area contributed by atoms with Crippen molar-refractivity contribution in [2.24, 2.45) is 0 Å². The number of esters is 2. The van der Waals surface area contributed by atoms with Gasteiger partial charge < -0.3 is 14.8 Å². The van der Waals surface area contributed by atoms with E-state index in [0.717, 1.165) is 11.1 Å². The van der Waals surface area contributed by atoms with Crippen LogP contribution in [-0.4, -0.2) is 38.1 Å². The Kier molecular flexibility index (Phi) is 7.32. The van der Waals surface area contributed by atoms with Crippen LogP contribution < -0.4 is 5.32 Å². The van der Waals surface area contributed by atoms with Crippen LogP contribution in [0.5, 0.6) is 0 Å². The van der Waals surface area contributed by atoms with Crippen LogP contribution in [0, 0.1) is 0 Å². The minimum absolute atomic E-state index is 0.00999. The lowest BCUT2D eigenvalue weighted by atomic mass is 9.75. The molecule has 0 aliphatic carbocycles. The molecule has 2 rings (SSSR count). The predicted octanol–water partition coefficient (Wildman–Crippen LogP) is 2.60. The van der Waals surface area contributed by atoms with Gasteiger partial charge in [0.05, 0.1) is 19.6 Å². The first-order valence-electron chi connectivity index (χ1n) is 9.00. The van der Waals surface area contributed by atoms with E-state index >= 15 is 0 Å². The number of amides is 1. The number of hydrogen-bond donors (Lipinski definition) is 1. The predicted molar refractivity (Wildman–Crippen MR) is 105 cm³/mol. The first kappa shape index (κ1) is 21.2. The van der Waals surface area contributed by atoms with Crippen LogP contribution in [0.25, 0.3) is 0 Å². The van der Waals surface area contributed by atoms with Gasteiger partial charge >= 0.3 is 11.9 Å². The minimum Gasteiger partial charge on any atom is -0.469 e. The Hall–Kier alpha value is -3.15. The summed E-state index contributed by atoms with van der Waals surface area (Å²) in [6.45, 7) is 1.81. The molecule has 1 atom stereocenters. The molecule has 0 aliphatic heterocycles. The molecule has 28 heavy (non-hydrogen) atoms. The van der Waals surface area contributed by atoms with Gasteiger partial charge in [0.2, 0.25) is 5.91 Å². The van der Waals surface area contributed by atoms with Gasteiger partial charge in [-0.05, 0) is 24.5 Å². The normalized spacial score (nSPS) is 12.0. The van der Waals surface area contributed by atoms with Crippen LogP contribution in [0.2, 0.25) is 0 Å². The molecule has 0 aliphatic rings. The van der Waals surface area contributed by atoms with Gasteiger partial charge in [-0.3, -0.25) is 9.59 Å². The molecule has 0 bridgehead atoms. The summed E-state index contributed by atoms with van der Waals surface area (Å²) < 4.78 is 9.42. The fraction of sp³-hybridized carbons (Fsp3) is 0.318. The van der Waals surface area contributed by atoms with Crippen LogP contribution in [0.15, 0.2) is 60.7 Å². The van der Waals surface area contributed by atoms with Crippen molar-refractivity contribution in [2.75, 3.05) is 14.2 Å². The lowest BCUT2D eigenvalue weighted by molar-refractivity contribution is -0.147. The van der Waals surface area contributed by atoms with E-state index in [2.05, 4.69) is 10.1 Å². The van der Waals surface area contributed by atoms with Crippen molar-refractivity contribution in [3.63, 3.8) is 0 Å². The maximum Gasteiger partial charge on any atom is 0.328 e. The first-order chi connectivity index (χ1) is 13.4. The van der Waals surface area contributed by atoms with E-state index in [0.29, 0.717) is 0 Å². The molecule has 1 amide bonds. The van der Waals surface area contributed by atoms with E-state index in [1.165, 1.54) is 14.2 Å². The molecule has 2 aromatic carbocycles. The molecular formula is C22H25NO5. The van der Waals surface area contributed by atoms with Crippen molar-refractivity contribution >= 4 is 17.8 Å². The SMILES string of the molecule is COC(=O)CC[C@H](NC(=O)C(C)(c1ccccc1)c1ccccc1)C(=O)OC. The van der Waals surface area contributed by atoms with Crippen LogP contribution in [-0.2, 0) is 29.3 Å².